The van der Waals surface area contributed by atoms with Gasteiger partial charge < -0.3 is 15.2 Å². The lowest BCUT2D eigenvalue weighted by molar-refractivity contribution is -0.255. The molecule has 1 N–H and O–H groups in total. The molecule has 0 aliphatic carbocycles. The SMILES string of the molecule is Cc1ccc(C)c(N=C2NC(=O)/C(=C/c3ccc(C(=O)[O-])cc3)S2)c1. The van der Waals surface area contributed by atoms with Crippen LogP contribution in [0, 0.1) is 13.8 Å². The number of carbonyl (C=O) groups is 2. The molecule has 1 heterocycles. The predicted molar refractivity (Wildman–Crippen MR) is 97.5 cm³/mol. The smallest absolute Gasteiger partial charge is 0.264 e. The Balaban J connectivity index is 1.83. The molecule has 0 bridgehead atoms. The van der Waals surface area contributed by atoms with Crippen LogP contribution >= 0.6 is 11.8 Å². The lowest BCUT2D eigenvalue weighted by Gasteiger charge is -2.02. The van der Waals surface area contributed by atoms with Gasteiger partial charge in [-0.3, -0.25) is 4.79 Å². The van der Waals surface area contributed by atoms with E-state index in [9.17, 15) is 14.7 Å². The molecule has 0 radical (unpaired) electrons. The van der Waals surface area contributed by atoms with Gasteiger partial charge in [-0.25, -0.2) is 4.99 Å². The maximum Gasteiger partial charge on any atom is 0.264 e. The Morgan fingerprint density at radius 1 is 1.16 bits per heavy atom. The second-order valence-corrected chi connectivity index (χ2v) is 6.71. The van der Waals surface area contributed by atoms with Gasteiger partial charge in [-0.1, -0.05) is 36.4 Å². The van der Waals surface area contributed by atoms with Crippen LogP contribution in [-0.4, -0.2) is 17.0 Å². The number of hydrogen-bond donors (Lipinski definition) is 1. The minimum Gasteiger partial charge on any atom is -0.545 e. The number of aromatic carboxylic acids is 1. The van der Waals surface area contributed by atoms with Gasteiger partial charge in [-0.05, 0) is 60.0 Å². The van der Waals surface area contributed by atoms with Crippen molar-refractivity contribution in [3.63, 3.8) is 0 Å². The van der Waals surface area contributed by atoms with Gasteiger partial charge in [0.15, 0.2) is 5.17 Å². The average Bonchev–Trinajstić information content (AvgIpc) is 2.91. The molecule has 6 heteroatoms. The van der Waals surface area contributed by atoms with E-state index >= 15 is 0 Å². The van der Waals surface area contributed by atoms with Crippen molar-refractivity contribution < 1.29 is 14.7 Å². The third kappa shape index (κ3) is 3.97. The van der Waals surface area contributed by atoms with Gasteiger partial charge in [0.2, 0.25) is 0 Å². The summed E-state index contributed by atoms with van der Waals surface area (Å²) in [7, 11) is 0. The van der Waals surface area contributed by atoms with Crippen molar-refractivity contribution >= 4 is 40.6 Å². The van der Waals surface area contributed by atoms with Crippen LogP contribution in [0.25, 0.3) is 6.08 Å². The van der Waals surface area contributed by atoms with Gasteiger partial charge in [0.25, 0.3) is 5.91 Å². The van der Waals surface area contributed by atoms with E-state index < -0.39 is 5.97 Å². The Kier molecular flexibility index (Phi) is 4.72. The molecule has 126 valence electrons. The lowest BCUT2D eigenvalue weighted by atomic mass is 10.1. The summed E-state index contributed by atoms with van der Waals surface area (Å²) in [5.74, 6) is -1.45. The molecular formula is C19H15N2O3S-. The number of nitrogens with one attached hydrogen (secondary N) is 1. The molecule has 0 unspecified atom stereocenters. The van der Waals surface area contributed by atoms with Crippen molar-refractivity contribution in [3.05, 3.63) is 69.6 Å². The normalized spacial score (nSPS) is 17.1. The molecule has 2 aromatic rings. The van der Waals surface area contributed by atoms with Crippen molar-refractivity contribution in [2.45, 2.75) is 13.8 Å². The number of carbonyl (C=O) groups excluding carboxylic acids is 2. The first-order valence-corrected chi connectivity index (χ1v) is 8.42. The largest absolute Gasteiger partial charge is 0.545 e. The molecule has 1 aliphatic heterocycles. The number of thioether (sulfide) groups is 1. The van der Waals surface area contributed by atoms with Gasteiger partial charge in [-0.2, -0.15) is 0 Å². The van der Waals surface area contributed by atoms with Crippen LogP contribution in [0.5, 0.6) is 0 Å². The quantitative estimate of drug-likeness (QED) is 0.862. The van der Waals surface area contributed by atoms with E-state index in [1.54, 1.807) is 18.2 Å². The summed E-state index contributed by atoms with van der Waals surface area (Å²) < 4.78 is 0. The minimum atomic E-state index is -1.23. The van der Waals surface area contributed by atoms with E-state index in [1.807, 2.05) is 32.0 Å². The van der Waals surface area contributed by atoms with E-state index in [1.165, 1.54) is 23.9 Å². The van der Waals surface area contributed by atoms with E-state index in [2.05, 4.69) is 10.3 Å². The number of hydrogen-bond acceptors (Lipinski definition) is 5. The number of amidine groups is 1. The second-order valence-electron chi connectivity index (χ2n) is 5.68. The van der Waals surface area contributed by atoms with E-state index in [4.69, 9.17) is 0 Å². The Labute approximate surface area is 149 Å². The Bertz CT molecular complexity index is 915. The molecule has 3 rings (SSSR count). The van der Waals surface area contributed by atoms with Crippen LogP contribution in [0.1, 0.15) is 27.0 Å². The maximum absolute atomic E-state index is 12.1. The number of benzene rings is 2. The molecule has 5 nitrogen and oxygen atoms in total. The molecule has 0 saturated carbocycles. The molecule has 25 heavy (non-hydrogen) atoms. The fourth-order valence-corrected chi connectivity index (χ4v) is 3.13. The predicted octanol–water partition coefficient (Wildman–Crippen LogP) is 2.56. The zero-order valence-corrected chi connectivity index (χ0v) is 14.5. The van der Waals surface area contributed by atoms with Crippen molar-refractivity contribution in [3.8, 4) is 0 Å². The van der Waals surface area contributed by atoms with Gasteiger partial charge >= 0.3 is 0 Å². The Hall–Kier alpha value is -2.86. The van der Waals surface area contributed by atoms with E-state index in [0.29, 0.717) is 10.1 Å². The van der Waals surface area contributed by atoms with Crippen molar-refractivity contribution in [1.82, 2.24) is 5.32 Å². The monoisotopic (exact) mass is 351 g/mol. The second kappa shape index (κ2) is 6.94. The first-order chi connectivity index (χ1) is 11.9. The first-order valence-electron chi connectivity index (χ1n) is 7.60. The number of rotatable bonds is 3. The molecule has 1 amide bonds. The lowest BCUT2D eigenvalue weighted by Crippen LogP contribution is -2.21. The van der Waals surface area contributed by atoms with Crippen LogP contribution in [0.2, 0.25) is 0 Å². The molecule has 2 aromatic carbocycles. The standard InChI is InChI=1S/C19H16N2O3S/c1-11-3-4-12(2)15(9-11)20-19-21-17(22)16(25-19)10-13-5-7-14(8-6-13)18(23)24/h3-10H,1-2H3,(H,23,24)(H,20,21,22)/p-1/b16-10-. The van der Waals surface area contributed by atoms with Crippen LogP contribution in [0.3, 0.4) is 0 Å². The Morgan fingerprint density at radius 2 is 1.88 bits per heavy atom. The zero-order chi connectivity index (χ0) is 18.0. The highest BCUT2D eigenvalue weighted by Crippen LogP contribution is 2.29. The highest BCUT2D eigenvalue weighted by atomic mass is 32.2. The summed E-state index contributed by atoms with van der Waals surface area (Å²) in [4.78, 5) is 27.9. The summed E-state index contributed by atoms with van der Waals surface area (Å²) in [6.45, 7) is 3.96. The highest BCUT2D eigenvalue weighted by molar-refractivity contribution is 8.18. The van der Waals surface area contributed by atoms with Crippen LogP contribution < -0.4 is 10.4 Å². The van der Waals surface area contributed by atoms with E-state index in [-0.39, 0.29) is 11.5 Å². The molecule has 1 aliphatic rings. The summed E-state index contributed by atoms with van der Waals surface area (Å²) in [5.41, 5.74) is 3.78. The topological polar surface area (TPSA) is 81.6 Å². The van der Waals surface area contributed by atoms with E-state index in [0.717, 1.165) is 22.4 Å². The Morgan fingerprint density at radius 3 is 2.56 bits per heavy atom. The minimum absolute atomic E-state index is 0.0999. The van der Waals surface area contributed by atoms with Gasteiger partial charge in [0.1, 0.15) is 0 Å². The fourth-order valence-electron chi connectivity index (χ4n) is 2.30. The average molecular weight is 351 g/mol. The number of amides is 1. The van der Waals surface area contributed by atoms with Crippen LogP contribution in [-0.2, 0) is 4.79 Å². The summed E-state index contributed by atoms with van der Waals surface area (Å²) in [6.07, 6.45) is 1.70. The summed E-state index contributed by atoms with van der Waals surface area (Å²) in [6, 6.07) is 12.1. The van der Waals surface area contributed by atoms with Crippen LogP contribution in [0.15, 0.2) is 52.4 Å². The number of aliphatic imine (C=N–C) groups is 1. The zero-order valence-electron chi connectivity index (χ0n) is 13.7. The van der Waals surface area contributed by atoms with Crippen molar-refractivity contribution in [2.75, 3.05) is 0 Å². The van der Waals surface area contributed by atoms with Crippen LogP contribution in [0.4, 0.5) is 5.69 Å². The highest BCUT2D eigenvalue weighted by Gasteiger charge is 2.23. The van der Waals surface area contributed by atoms with Gasteiger partial charge in [0.05, 0.1) is 16.6 Å². The molecule has 0 aromatic heterocycles. The molecule has 1 saturated heterocycles. The molecule has 1 fully saturated rings. The van der Waals surface area contributed by atoms with Crippen molar-refractivity contribution in [1.29, 1.82) is 0 Å². The third-order valence-electron chi connectivity index (χ3n) is 3.68. The number of carboxylic acids is 1. The number of aryl methyl sites for hydroxylation is 2. The molecule has 0 spiro atoms. The first kappa shape index (κ1) is 17.0. The summed E-state index contributed by atoms with van der Waals surface area (Å²) >= 11 is 1.26. The summed E-state index contributed by atoms with van der Waals surface area (Å²) in [5, 5.41) is 14.0. The number of carboxylic acid groups (broad SMARTS) is 1. The number of nitrogens with zero attached hydrogens (tertiary/aromatic N) is 1. The maximum atomic E-state index is 12.1. The van der Waals surface area contributed by atoms with Crippen molar-refractivity contribution in [2.24, 2.45) is 4.99 Å². The fraction of sp³-hybridized carbons (Fsp3) is 0.105. The van der Waals surface area contributed by atoms with Gasteiger partial charge in [-0.15, -0.1) is 0 Å². The third-order valence-corrected chi connectivity index (χ3v) is 4.59. The molecule has 0 atom stereocenters. The van der Waals surface area contributed by atoms with Gasteiger partial charge in [0, 0.05) is 0 Å². The molecular weight excluding hydrogens is 336 g/mol.